The second-order valence-corrected chi connectivity index (χ2v) is 7.57. The van der Waals surface area contributed by atoms with Crippen LogP contribution in [0.15, 0.2) is 60.7 Å². The lowest BCUT2D eigenvalue weighted by Gasteiger charge is -2.44. The maximum atomic E-state index is 12.8. The fourth-order valence-electron chi connectivity index (χ4n) is 4.19. The van der Waals surface area contributed by atoms with Crippen LogP contribution in [0.25, 0.3) is 5.57 Å². The number of carbonyl (C=O) groups is 1. The molecule has 2 atom stereocenters. The van der Waals surface area contributed by atoms with Gasteiger partial charge in [0, 0.05) is 6.04 Å². The third-order valence-electron chi connectivity index (χ3n) is 5.51. The van der Waals surface area contributed by atoms with E-state index in [0.717, 1.165) is 36.0 Å². The van der Waals surface area contributed by atoms with Crippen LogP contribution in [-0.4, -0.2) is 29.4 Å². The van der Waals surface area contributed by atoms with Crippen molar-refractivity contribution >= 4 is 11.7 Å². The molecule has 30 heavy (non-hydrogen) atoms. The van der Waals surface area contributed by atoms with Crippen LogP contribution in [0, 0.1) is 0 Å². The molecule has 7 heteroatoms. The summed E-state index contributed by atoms with van der Waals surface area (Å²) in [5.74, 6) is -0.242. The summed E-state index contributed by atoms with van der Waals surface area (Å²) in [6.45, 7) is 0.229. The molecule has 2 aliphatic rings. The van der Waals surface area contributed by atoms with Gasteiger partial charge in [-0.05, 0) is 54.5 Å². The van der Waals surface area contributed by atoms with E-state index in [1.165, 1.54) is 12.1 Å². The van der Waals surface area contributed by atoms with Gasteiger partial charge in [-0.15, -0.1) is 13.2 Å². The van der Waals surface area contributed by atoms with E-state index in [1.807, 2.05) is 41.3 Å². The number of ether oxygens (including phenoxy) is 2. The summed E-state index contributed by atoms with van der Waals surface area (Å²) in [6.07, 6.45) is 0.413. The third-order valence-corrected chi connectivity index (χ3v) is 5.51. The van der Waals surface area contributed by atoms with Crippen LogP contribution >= 0.6 is 0 Å². The molecule has 1 saturated heterocycles. The van der Waals surface area contributed by atoms with E-state index in [9.17, 15) is 18.0 Å². The van der Waals surface area contributed by atoms with Gasteiger partial charge in [0.05, 0.1) is 6.04 Å². The van der Waals surface area contributed by atoms with Crippen molar-refractivity contribution in [1.82, 2.24) is 4.90 Å². The van der Waals surface area contributed by atoms with Crippen LogP contribution in [-0.2, 0) is 11.3 Å². The zero-order chi connectivity index (χ0) is 21.1. The van der Waals surface area contributed by atoms with Gasteiger partial charge in [0.1, 0.15) is 12.4 Å². The predicted molar refractivity (Wildman–Crippen MR) is 106 cm³/mol. The molecule has 0 aromatic heterocycles. The fourth-order valence-corrected chi connectivity index (χ4v) is 4.19. The van der Waals surface area contributed by atoms with E-state index in [2.05, 4.69) is 4.74 Å². The highest BCUT2D eigenvalue weighted by molar-refractivity contribution is 5.74. The topological polar surface area (TPSA) is 38.8 Å². The van der Waals surface area contributed by atoms with Gasteiger partial charge in [-0.25, -0.2) is 4.79 Å². The minimum atomic E-state index is -4.71. The van der Waals surface area contributed by atoms with Crippen molar-refractivity contribution in [3.05, 3.63) is 71.8 Å². The Kier molecular flexibility index (Phi) is 5.70. The number of nitrogens with zero attached hydrogens (tertiary/aromatic N) is 1. The molecule has 0 spiro atoms. The maximum absolute atomic E-state index is 12.8. The van der Waals surface area contributed by atoms with Crippen LogP contribution in [0.3, 0.4) is 0 Å². The molecule has 2 unspecified atom stereocenters. The molecule has 0 radical (unpaired) electrons. The summed E-state index contributed by atoms with van der Waals surface area (Å²) in [6, 6.07) is 15.4. The normalized spacial score (nSPS) is 21.0. The quantitative estimate of drug-likeness (QED) is 0.619. The Hall–Kier alpha value is -2.96. The average molecular weight is 417 g/mol. The molecule has 4 rings (SSSR count). The molecule has 0 aliphatic carbocycles. The second-order valence-electron chi connectivity index (χ2n) is 7.57. The molecule has 1 amide bonds. The number of benzene rings is 2. The van der Waals surface area contributed by atoms with Gasteiger partial charge in [0.2, 0.25) is 0 Å². The molecular formula is C23H22F3NO3. The molecule has 2 bridgehead atoms. The third kappa shape index (κ3) is 4.78. The Labute approximate surface area is 172 Å². The first-order valence-electron chi connectivity index (χ1n) is 9.95. The number of carbonyl (C=O) groups excluding carboxylic acids is 1. The van der Waals surface area contributed by atoms with E-state index in [1.54, 1.807) is 12.1 Å². The Morgan fingerprint density at radius 2 is 1.77 bits per heavy atom. The monoisotopic (exact) mass is 417 g/mol. The molecule has 2 aliphatic heterocycles. The lowest BCUT2D eigenvalue weighted by molar-refractivity contribution is -0.274. The fraction of sp³-hybridized carbons (Fsp3) is 0.348. The van der Waals surface area contributed by atoms with Crippen LogP contribution < -0.4 is 4.74 Å². The van der Waals surface area contributed by atoms with Crippen LogP contribution in [0.2, 0.25) is 0 Å². The molecule has 0 N–H and O–H groups in total. The van der Waals surface area contributed by atoms with Gasteiger partial charge in [0.15, 0.2) is 0 Å². The van der Waals surface area contributed by atoms with E-state index in [0.29, 0.717) is 6.42 Å². The van der Waals surface area contributed by atoms with Crippen molar-refractivity contribution in [2.24, 2.45) is 0 Å². The molecular weight excluding hydrogens is 395 g/mol. The van der Waals surface area contributed by atoms with Crippen molar-refractivity contribution in [3.8, 4) is 5.75 Å². The minimum absolute atomic E-state index is 0.0260. The van der Waals surface area contributed by atoms with E-state index < -0.39 is 6.36 Å². The number of halogens is 3. The number of rotatable bonds is 4. The van der Waals surface area contributed by atoms with Crippen molar-refractivity contribution in [2.75, 3.05) is 0 Å². The number of piperidine rings is 1. The first-order chi connectivity index (χ1) is 14.4. The molecule has 2 aromatic carbocycles. The van der Waals surface area contributed by atoms with Gasteiger partial charge in [-0.1, -0.05) is 48.5 Å². The number of amides is 1. The standard InChI is InChI=1S/C23H22F3NO3/c24-23(25,26)30-21-11-9-17(10-12-21)18-13-19-7-4-8-20(14-18)27(19)22(28)29-15-16-5-2-1-3-6-16/h1-3,5-6,9-13,19-20H,4,7-8,14-15H2. The number of hydrogen-bond acceptors (Lipinski definition) is 3. The van der Waals surface area contributed by atoms with Crippen molar-refractivity contribution in [1.29, 1.82) is 0 Å². The Balaban J connectivity index is 1.46. The average Bonchev–Trinajstić information content (AvgIpc) is 2.71. The highest BCUT2D eigenvalue weighted by atomic mass is 19.4. The zero-order valence-corrected chi connectivity index (χ0v) is 16.3. The zero-order valence-electron chi connectivity index (χ0n) is 16.3. The second kappa shape index (κ2) is 8.42. The lowest BCUT2D eigenvalue weighted by Crippen LogP contribution is -2.51. The predicted octanol–water partition coefficient (Wildman–Crippen LogP) is 5.93. The summed E-state index contributed by atoms with van der Waals surface area (Å²) in [4.78, 5) is 14.6. The van der Waals surface area contributed by atoms with Gasteiger partial charge < -0.3 is 9.47 Å². The summed E-state index contributed by atoms with van der Waals surface area (Å²) in [5, 5.41) is 0. The van der Waals surface area contributed by atoms with Gasteiger partial charge in [0.25, 0.3) is 0 Å². The Bertz CT molecular complexity index is 910. The van der Waals surface area contributed by atoms with Crippen LogP contribution in [0.5, 0.6) is 5.75 Å². The van der Waals surface area contributed by atoms with Crippen molar-refractivity contribution < 1.29 is 27.4 Å². The molecule has 4 nitrogen and oxygen atoms in total. The van der Waals surface area contributed by atoms with Crippen LogP contribution in [0.1, 0.15) is 36.8 Å². The lowest BCUT2D eigenvalue weighted by atomic mass is 9.83. The summed E-state index contributed by atoms with van der Waals surface area (Å²) in [5.41, 5.74) is 2.82. The van der Waals surface area contributed by atoms with Crippen LogP contribution in [0.4, 0.5) is 18.0 Å². The Morgan fingerprint density at radius 3 is 2.43 bits per heavy atom. The highest BCUT2D eigenvalue weighted by Gasteiger charge is 2.38. The first kappa shape index (κ1) is 20.3. The molecule has 158 valence electrons. The molecule has 2 aromatic rings. The van der Waals surface area contributed by atoms with Gasteiger partial charge >= 0.3 is 12.5 Å². The summed E-state index contributed by atoms with van der Waals surface area (Å²) < 4.78 is 46.6. The Morgan fingerprint density at radius 1 is 1.03 bits per heavy atom. The van der Waals surface area contributed by atoms with E-state index >= 15 is 0 Å². The smallest absolute Gasteiger partial charge is 0.445 e. The number of fused-ring (bicyclic) bond motifs is 2. The van der Waals surface area contributed by atoms with Crippen molar-refractivity contribution in [2.45, 2.75) is 50.7 Å². The van der Waals surface area contributed by atoms with Gasteiger partial charge in [-0.3, -0.25) is 4.90 Å². The minimum Gasteiger partial charge on any atom is -0.445 e. The number of alkyl halides is 3. The van der Waals surface area contributed by atoms with E-state index in [-0.39, 0.29) is 30.5 Å². The van der Waals surface area contributed by atoms with Gasteiger partial charge in [-0.2, -0.15) is 0 Å². The number of hydrogen-bond donors (Lipinski definition) is 0. The molecule has 0 saturated carbocycles. The summed E-state index contributed by atoms with van der Waals surface area (Å²) in [7, 11) is 0. The first-order valence-corrected chi connectivity index (χ1v) is 9.95. The largest absolute Gasteiger partial charge is 0.573 e. The SMILES string of the molecule is O=C(OCc1ccccc1)N1C2C=C(c3ccc(OC(F)(F)F)cc3)CC1CCC2. The van der Waals surface area contributed by atoms with Crippen molar-refractivity contribution in [3.63, 3.8) is 0 Å². The highest BCUT2D eigenvalue weighted by Crippen LogP contribution is 2.38. The molecule has 2 heterocycles. The molecule has 1 fully saturated rings. The van der Waals surface area contributed by atoms with E-state index in [4.69, 9.17) is 4.74 Å². The summed E-state index contributed by atoms with van der Waals surface area (Å²) >= 11 is 0. The maximum Gasteiger partial charge on any atom is 0.573 e.